The number of aryl methyl sites for hydroxylation is 1. The molecule has 3 aromatic rings. The normalized spacial score (nSPS) is 11.5. The van der Waals surface area contributed by atoms with E-state index in [4.69, 9.17) is 13.9 Å². The first-order valence-electron chi connectivity index (χ1n) is 8.78. The molecule has 0 aliphatic carbocycles. The minimum atomic E-state index is -1.58. The molecule has 2 aromatic carbocycles. The summed E-state index contributed by atoms with van der Waals surface area (Å²) < 4.78 is 16.2. The van der Waals surface area contributed by atoms with E-state index in [-0.39, 0.29) is 59.5 Å². The minimum Gasteiger partial charge on any atom is -0.542 e. The molecule has 0 radical (unpaired) electrons. The van der Waals surface area contributed by atoms with E-state index in [1.807, 2.05) is 24.3 Å². The first-order valence-corrected chi connectivity index (χ1v) is 8.78. The van der Waals surface area contributed by atoms with Crippen molar-refractivity contribution >= 4 is 16.9 Å². The molecule has 8 heteroatoms. The van der Waals surface area contributed by atoms with Gasteiger partial charge in [-0.2, -0.15) is 0 Å². The van der Waals surface area contributed by atoms with Gasteiger partial charge in [0.05, 0.1) is 0 Å². The van der Waals surface area contributed by atoms with E-state index < -0.39 is 23.3 Å². The molecule has 1 aromatic heterocycles. The predicted molar refractivity (Wildman–Crippen MR) is 99.6 cm³/mol. The van der Waals surface area contributed by atoms with E-state index in [0.717, 1.165) is 12.5 Å². The van der Waals surface area contributed by atoms with Crippen LogP contribution in [0.1, 0.15) is 23.0 Å². The Morgan fingerprint density at radius 1 is 1.14 bits per heavy atom. The zero-order valence-corrected chi connectivity index (χ0v) is 18.2. The summed E-state index contributed by atoms with van der Waals surface area (Å²) in [6, 6.07) is 12.9. The van der Waals surface area contributed by atoms with Gasteiger partial charge in [0.1, 0.15) is 47.8 Å². The third-order valence-corrected chi connectivity index (χ3v) is 4.12. The number of carbonyl (C=O) groups excluding carboxylic acids is 1. The Kier molecular flexibility index (Phi) is 8.28. The Bertz CT molecular complexity index is 1030. The molecule has 1 unspecified atom stereocenters. The molecule has 0 amide bonds. The van der Waals surface area contributed by atoms with Crippen molar-refractivity contribution in [2.75, 3.05) is 13.2 Å². The van der Waals surface area contributed by atoms with Gasteiger partial charge in [-0.1, -0.05) is 25.1 Å². The average Bonchev–Trinajstić information content (AvgIpc) is 2.70. The molecule has 0 saturated carbocycles. The maximum Gasteiger partial charge on any atom is 1.00 e. The van der Waals surface area contributed by atoms with Gasteiger partial charge in [-0.05, 0) is 36.2 Å². The molecule has 0 spiro atoms. The number of carbonyl (C=O) groups is 1. The molecule has 1 atom stereocenters. The number of hydrogen-bond donors (Lipinski definition) is 1. The Hall–Kier alpha value is -2.32. The van der Waals surface area contributed by atoms with Crippen LogP contribution in [0.15, 0.2) is 57.7 Å². The van der Waals surface area contributed by atoms with E-state index in [9.17, 15) is 19.8 Å². The second-order valence-corrected chi connectivity index (χ2v) is 6.16. The van der Waals surface area contributed by atoms with E-state index in [1.54, 1.807) is 6.07 Å². The van der Waals surface area contributed by atoms with Crippen molar-refractivity contribution in [1.29, 1.82) is 0 Å². The van der Waals surface area contributed by atoms with Crippen LogP contribution in [0.2, 0.25) is 0 Å². The quantitative estimate of drug-likeness (QED) is 0.456. The van der Waals surface area contributed by atoms with Crippen LogP contribution in [-0.2, 0) is 6.42 Å². The largest absolute Gasteiger partial charge is 1.00 e. The molecule has 29 heavy (non-hydrogen) atoms. The number of benzene rings is 2. The minimum absolute atomic E-state index is 0. The Balaban J connectivity index is 0.00000300. The molecule has 0 aliphatic heterocycles. The summed E-state index contributed by atoms with van der Waals surface area (Å²) in [6.07, 6.45) is -0.00380. The van der Waals surface area contributed by atoms with Crippen molar-refractivity contribution in [2.24, 2.45) is 0 Å². The van der Waals surface area contributed by atoms with E-state index in [2.05, 4.69) is 6.92 Å². The van der Waals surface area contributed by atoms with Crippen molar-refractivity contribution in [3.8, 4) is 11.5 Å². The summed E-state index contributed by atoms with van der Waals surface area (Å²) in [5.74, 6) is -1.32. The predicted octanol–water partition coefficient (Wildman–Crippen LogP) is -1.46. The summed E-state index contributed by atoms with van der Waals surface area (Å²) in [6.45, 7) is 1.96. The third kappa shape index (κ3) is 5.83. The van der Waals surface area contributed by atoms with Gasteiger partial charge in [0, 0.05) is 6.07 Å². The Morgan fingerprint density at radius 3 is 2.48 bits per heavy atom. The van der Waals surface area contributed by atoms with Crippen LogP contribution < -0.4 is 49.6 Å². The molecular formula is C21H19NaO7. The number of hydrogen-bond acceptors (Lipinski definition) is 7. The number of carboxylic acids is 1. The average molecular weight is 406 g/mol. The van der Waals surface area contributed by atoms with Crippen molar-refractivity contribution < 1.29 is 58.5 Å². The van der Waals surface area contributed by atoms with Crippen LogP contribution in [0.25, 0.3) is 11.0 Å². The number of carboxylic acid groups (broad SMARTS) is 1. The number of ether oxygens (including phenoxy) is 2. The number of fused-ring (bicyclic) bond motifs is 1. The van der Waals surface area contributed by atoms with Gasteiger partial charge in [-0.25, -0.2) is 0 Å². The molecule has 1 heterocycles. The number of aliphatic hydroxyl groups excluding tert-OH is 1. The van der Waals surface area contributed by atoms with E-state index >= 15 is 0 Å². The van der Waals surface area contributed by atoms with Gasteiger partial charge >= 0.3 is 29.6 Å². The molecule has 1 N–H and O–H groups in total. The SMILES string of the molecule is CCc1ccc(OCC(O)COc2cccc3oc(C(=O)[O-])cc(=O)c23)cc1.[Na+]. The van der Waals surface area contributed by atoms with Crippen LogP contribution in [0.5, 0.6) is 11.5 Å². The van der Waals surface area contributed by atoms with Crippen LogP contribution in [0.4, 0.5) is 0 Å². The molecule has 0 fully saturated rings. The van der Waals surface area contributed by atoms with Gasteiger partial charge in [0.25, 0.3) is 0 Å². The van der Waals surface area contributed by atoms with Crippen LogP contribution >= 0.6 is 0 Å². The van der Waals surface area contributed by atoms with Gasteiger partial charge in [-0.15, -0.1) is 0 Å². The first-order chi connectivity index (χ1) is 13.5. The zero-order valence-electron chi connectivity index (χ0n) is 16.2. The van der Waals surface area contributed by atoms with Crippen LogP contribution in [-0.4, -0.2) is 30.4 Å². The van der Waals surface area contributed by atoms with Crippen LogP contribution in [0.3, 0.4) is 0 Å². The van der Waals surface area contributed by atoms with E-state index in [1.165, 1.54) is 17.7 Å². The molecule has 0 aliphatic rings. The standard InChI is InChI=1S/C21H20O7.Na/c1-2-13-6-8-15(9-7-13)26-11-14(22)12-27-17-4-3-5-18-20(17)16(23)10-19(28-18)21(24)25;/h3-10,14,22H,2,11-12H2,1H3,(H,24,25);/q;+1/p-1. The fourth-order valence-electron chi connectivity index (χ4n) is 2.65. The second-order valence-electron chi connectivity index (χ2n) is 6.16. The fraction of sp³-hybridized carbons (Fsp3) is 0.238. The number of aliphatic hydroxyl groups is 1. The summed E-state index contributed by atoms with van der Waals surface area (Å²) in [7, 11) is 0. The summed E-state index contributed by atoms with van der Waals surface area (Å²) >= 11 is 0. The summed E-state index contributed by atoms with van der Waals surface area (Å²) in [4.78, 5) is 23.1. The smallest absolute Gasteiger partial charge is 0.542 e. The summed E-state index contributed by atoms with van der Waals surface area (Å²) in [5, 5.41) is 21.1. The van der Waals surface area contributed by atoms with Gasteiger partial charge in [-0.3, -0.25) is 4.79 Å². The van der Waals surface area contributed by atoms with Crippen molar-refractivity contribution in [2.45, 2.75) is 19.4 Å². The second kappa shape index (κ2) is 10.5. The van der Waals surface area contributed by atoms with Crippen molar-refractivity contribution in [3.63, 3.8) is 0 Å². The maximum absolute atomic E-state index is 12.2. The van der Waals surface area contributed by atoms with Crippen molar-refractivity contribution in [3.05, 3.63) is 70.1 Å². The molecule has 146 valence electrons. The number of aromatic carboxylic acids is 1. The fourth-order valence-corrected chi connectivity index (χ4v) is 2.65. The van der Waals surface area contributed by atoms with Crippen molar-refractivity contribution in [1.82, 2.24) is 0 Å². The van der Waals surface area contributed by atoms with Gasteiger partial charge in [0.15, 0.2) is 11.2 Å². The Labute approximate surface area is 189 Å². The third-order valence-electron chi connectivity index (χ3n) is 4.12. The van der Waals surface area contributed by atoms with Gasteiger partial charge < -0.3 is 28.9 Å². The Morgan fingerprint density at radius 2 is 1.83 bits per heavy atom. The molecule has 7 nitrogen and oxygen atoms in total. The van der Waals surface area contributed by atoms with E-state index in [0.29, 0.717) is 5.75 Å². The zero-order chi connectivity index (χ0) is 20.1. The topological polar surface area (TPSA) is 109 Å². The monoisotopic (exact) mass is 406 g/mol. The van der Waals surface area contributed by atoms with Gasteiger partial charge in [0.2, 0.25) is 0 Å². The first kappa shape index (κ1) is 23.0. The number of rotatable bonds is 8. The molecule has 3 rings (SSSR count). The van der Waals surface area contributed by atoms with Crippen LogP contribution in [0, 0.1) is 0 Å². The molecule has 0 bridgehead atoms. The molecular weight excluding hydrogens is 387 g/mol. The molecule has 0 saturated heterocycles. The maximum atomic E-state index is 12.2. The summed E-state index contributed by atoms with van der Waals surface area (Å²) in [5.41, 5.74) is 0.677.